The van der Waals surface area contributed by atoms with Crippen LogP contribution in [0.3, 0.4) is 0 Å². The van der Waals surface area contributed by atoms with Gasteiger partial charge >= 0.3 is 0 Å². The van der Waals surface area contributed by atoms with E-state index in [1.807, 2.05) is 24.3 Å². The zero-order chi connectivity index (χ0) is 18.7. The molecule has 0 fully saturated rings. The van der Waals surface area contributed by atoms with E-state index in [-0.39, 0.29) is 0 Å². The summed E-state index contributed by atoms with van der Waals surface area (Å²) in [6, 6.07) is 9.52. The minimum Gasteiger partial charge on any atom is -0.383 e. The molecule has 0 aliphatic carbocycles. The first-order valence-electron chi connectivity index (χ1n) is 8.14. The van der Waals surface area contributed by atoms with Crippen molar-refractivity contribution in [1.29, 1.82) is 0 Å². The molecule has 0 aliphatic heterocycles. The van der Waals surface area contributed by atoms with Crippen LogP contribution in [0.5, 0.6) is 0 Å². The van der Waals surface area contributed by atoms with Crippen molar-refractivity contribution >= 4 is 30.0 Å². The van der Waals surface area contributed by atoms with Gasteiger partial charge in [0.05, 0.1) is 12.8 Å². The Morgan fingerprint density at radius 2 is 2.15 bits per heavy atom. The van der Waals surface area contributed by atoms with Gasteiger partial charge in [0.15, 0.2) is 5.82 Å². The molecule has 3 rings (SSSR count). The summed E-state index contributed by atoms with van der Waals surface area (Å²) in [7, 11) is 1.70. The molecule has 2 heterocycles. The molecule has 1 aromatic carbocycles. The number of benzene rings is 1. The highest BCUT2D eigenvalue weighted by molar-refractivity contribution is 7.71. The van der Waals surface area contributed by atoms with E-state index in [1.165, 1.54) is 0 Å². The molecule has 3 aromatic rings. The molecule has 0 aliphatic rings. The summed E-state index contributed by atoms with van der Waals surface area (Å²) in [4.78, 5) is 0. The normalized spacial score (nSPS) is 11.5. The number of ether oxygens (including phenoxy) is 1. The molecule has 0 bridgehead atoms. The van der Waals surface area contributed by atoms with E-state index in [2.05, 4.69) is 39.8 Å². The molecule has 26 heavy (non-hydrogen) atoms. The summed E-state index contributed by atoms with van der Waals surface area (Å²) >= 11 is 11.4. The van der Waals surface area contributed by atoms with E-state index in [0.29, 0.717) is 22.2 Å². The van der Waals surface area contributed by atoms with Crippen LogP contribution in [0.15, 0.2) is 35.4 Å². The lowest BCUT2D eigenvalue weighted by molar-refractivity contribution is 0.186. The molecule has 2 aromatic heterocycles. The quantitative estimate of drug-likeness (QED) is 0.507. The van der Waals surface area contributed by atoms with Crippen molar-refractivity contribution in [3.63, 3.8) is 0 Å². The summed E-state index contributed by atoms with van der Waals surface area (Å²) in [5.74, 6) is 0.613. The van der Waals surface area contributed by atoms with Crippen molar-refractivity contribution in [1.82, 2.24) is 19.4 Å². The Labute approximate surface area is 162 Å². The molecule has 0 radical (unpaired) electrons. The van der Waals surface area contributed by atoms with E-state index in [9.17, 15) is 0 Å². The van der Waals surface area contributed by atoms with Gasteiger partial charge in [0.1, 0.15) is 0 Å². The fourth-order valence-corrected chi connectivity index (χ4v) is 3.19. The molecule has 0 saturated carbocycles. The average molecular weight is 390 g/mol. The van der Waals surface area contributed by atoms with Crippen molar-refractivity contribution < 1.29 is 4.74 Å². The van der Waals surface area contributed by atoms with Crippen molar-refractivity contribution in [2.24, 2.45) is 5.10 Å². The number of H-pyrrole nitrogens is 1. The number of hydrogen-bond acceptors (Lipinski definition) is 4. The topological polar surface area (TPSA) is 60.1 Å². The number of aryl methyl sites for hydroxylation is 1. The maximum atomic E-state index is 6.08. The third-order valence-corrected chi connectivity index (χ3v) is 4.68. The first-order valence-corrected chi connectivity index (χ1v) is 8.93. The molecule has 136 valence electrons. The van der Waals surface area contributed by atoms with Crippen LogP contribution >= 0.6 is 23.8 Å². The van der Waals surface area contributed by atoms with Gasteiger partial charge in [-0.2, -0.15) is 14.9 Å². The number of aromatic amines is 1. The third kappa shape index (κ3) is 3.80. The van der Waals surface area contributed by atoms with Gasteiger partial charge in [-0.25, -0.2) is 5.10 Å². The Kier molecular flexibility index (Phi) is 5.70. The molecular formula is C18H20ClN5OS. The van der Waals surface area contributed by atoms with Gasteiger partial charge in [0.25, 0.3) is 0 Å². The molecule has 0 spiro atoms. The van der Waals surface area contributed by atoms with Crippen molar-refractivity contribution in [3.8, 4) is 11.4 Å². The van der Waals surface area contributed by atoms with E-state index >= 15 is 0 Å². The van der Waals surface area contributed by atoms with E-state index in [0.717, 1.165) is 29.1 Å². The predicted octanol–water partition coefficient (Wildman–Crippen LogP) is 4.21. The van der Waals surface area contributed by atoms with Crippen molar-refractivity contribution in [3.05, 3.63) is 57.1 Å². The molecule has 0 unspecified atom stereocenters. The zero-order valence-corrected chi connectivity index (χ0v) is 16.4. The second-order valence-electron chi connectivity index (χ2n) is 5.89. The number of methoxy groups -OCH3 is 1. The third-order valence-electron chi connectivity index (χ3n) is 4.18. The number of nitrogens with one attached hydrogen (secondary N) is 1. The van der Waals surface area contributed by atoms with Gasteiger partial charge in [-0.15, -0.1) is 0 Å². The number of nitrogens with zero attached hydrogens (tertiary/aromatic N) is 4. The summed E-state index contributed by atoms with van der Waals surface area (Å²) in [5, 5.41) is 12.2. The lowest BCUT2D eigenvalue weighted by Gasteiger charge is -2.08. The Bertz CT molecular complexity index is 1000. The first-order chi connectivity index (χ1) is 12.5. The Hall–Kier alpha value is -2.22. The average Bonchev–Trinajstić information content (AvgIpc) is 3.11. The molecule has 0 amide bonds. The highest BCUT2D eigenvalue weighted by Crippen LogP contribution is 2.21. The number of halogens is 1. The fourth-order valence-electron chi connectivity index (χ4n) is 2.82. The van der Waals surface area contributed by atoms with E-state index in [4.69, 9.17) is 28.6 Å². The minimum atomic E-state index is 0.421. The van der Waals surface area contributed by atoms with Crippen LogP contribution < -0.4 is 0 Å². The maximum absolute atomic E-state index is 6.08. The molecular weight excluding hydrogens is 370 g/mol. The summed E-state index contributed by atoms with van der Waals surface area (Å²) in [6.07, 6.45) is 1.80. The first kappa shape index (κ1) is 18.6. The van der Waals surface area contributed by atoms with Gasteiger partial charge in [-0.3, -0.25) is 0 Å². The zero-order valence-electron chi connectivity index (χ0n) is 14.9. The molecule has 1 N–H and O–H groups in total. The minimum absolute atomic E-state index is 0.421. The summed E-state index contributed by atoms with van der Waals surface area (Å²) in [5.41, 5.74) is 4.15. The monoisotopic (exact) mass is 389 g/mol. The highest BCUT2D eigenvalue weighted by Gasteiger charge is 2.10. The van der Waals surface area contributed by atoms with E-state index < -0.39 is 0 Å². The van der Waals surface area contributed by atoms with Crippen molar-refractivity contribution in [2.45, 2.75) is 20.4 Å². The lowest BCUT2D eigenvalue weighted by atomic mass is 10.2. The van der Waals surface area contributed by atoms with Gasteiger partial charge < -0.3 is 9.30 Å². The van der Waals surface area contributed by atoms with Gasteiger partial charge in [-0.1, -0.05) is 23.7 Å². The maximum Gasteiger partial charge on any atom is 0.216 e. The molecule has 6 nitrogen and oxygen atoms in total. The summed E-state index contributed by atoms with van der Waals surface area (Å²) < 4.78 is 9.40. The standard InChI is InChI=1S/C18H20ClN5OS/c1-12-9-15(13(2)23(12)7-8-25-3)11-20-24-17(21-22-18(24)26)14-5-4-6-16(19)10-14/h4-6,9-11H,7-8H2,1-3H3,(H,22,26)/b20-11+. The Balaban J connectivity index is 1.95. The SMILES string of the molecule is COCCn1c(C)cc(/C=N/n2c(-c3cccc(Cl)c3)n[nH]c2=S)c1C. The largest absolute Gasteiger partial charge is 0.383 e. The van der Waals surface area contributed by atoms with Crippen LogP contribution in [0.1, 0.15) is 17.0 Å². The van der Waals surface area contributed by atoms with Crippen LogP contribution in [-0.4, -0.2) is 39.4 Å². The summed E-state index contributed by atoms with van der Waals surface area (Å²) in [6.45, 7) is 5.61. The smallest absolute Gasteiger partial charge is 0.216 e. The number of hydrogen-bond donors (Lipinski definition) is 1. The van der Waals surface area contributed by atoms with E-state index in [1.54, 1.807) is 18.0 Å². The predicted molar refractivity (Wildman–Crippen MR) is 107 cm³/mol. The van der Waals surface area contributed by atoms with Gasteiger partial charge in [-0.05, 0) is 44.3 Å². The number of aromatic nitrogens is 4. The Morgan fingerprint density at radius 1 is 1.35 bits per heavy atom. The van der Waals surface area contributed by atoms with Crippen LogP contribution in [0.4, 0.5) is 0 Å². The second kappa shape index (κ2) is 7.99. The van der Waals surface area contributed by atoms with Gasteiger partial charge in [0.2, 0.25) is 4.77 Å². The highest BCUT2D eigenvalue weighted by atomic mass is 35.5. The van der Waals surface area contributed by atoms with Crippen molar-refractivity contribution in [2.75, 3.05) is 13.7 Å². The molecule has 8 heteroatoms. The number of rotatable bonds is 6. The lowest BCUT2D eigenvalue weighted by Crippen LogP contribution is -2.07. The van der Waals surface area contributed by atoms with Crippen LogP contribution in [0, 0.1) is 18.6 Å². The van der Waals surface area contributed by atoms with Crippen LogP contribution in [-0.2, 0) is 11.3 Å². The fraction of sp³-hybridized carbons (Fsp3) is 0.278. The molecule has 0 saturated heterocycles. The van der Waals surface area contributed by atoms with Crippen LogP contribution in [0.2, 0.25) is 5.02 Å². The van der Waals surface area contributed by atoms with Crippen LogP contribution in [0.25, 0.3) is 11.4 Å². The van der Waals surface area contributed by atoms with Gasteiger partial charge in [0, 0.05) is 41.2 Å². The molecule has 0 atom stereocenters. The second-order valence-corrected chi connectivity index (χ2v) is 6.71. The Morgan fingerprint density at radius 3 is 2.88 bits per heavy atom.